The number of amides is 12. The monoisotopic (exact) mass is 2120 g/mol. The van der Waals surface area contributed by atoms with Crippen LogP contribution in [0.1, 0.15) is 278 Å². The van der Waals surface area contributed by atoms with Gasteiger partial charge in [-0.1, -0.05) is 130 Å². The van der Waals surface area contributed by atoms with Gasteiger partial charge in [0.1, 0.15) is 23.7 Å². The van der Waals surface area contributed by atoms with Crippen LogP contribution >= 0.6 is 36.2 Å². The molecule has 46 heteroatoms. The van der Waals surface area contributed by atoms with Crippen molar-refractivity contribution in [1.29, 1.82) is 0 Å². The summed E-state index contributed by atoms with van der Waals surface area (Å²) in [5, 5.41) is 39.2. The van der Waals surface area contributed by atoms with Crippen molar-refractivity contribution in [3.05, 3.63) is 47.9 Å². The molecule has 3 aromatic rings. The zero-order valence-corrected chi connectivity index (χ0v) is 88.5. The minimum Gasteiger partial charge on any atom is -0.396 e. The second-order valence-electron chi connectivity index (χ2n) is 37.6. The number of hydrogen-bond donors (Lipinski definition) is 17. The molecule has 0 radical (unpaired) electrons. The zero-order valence-electron chi connectivity index (χ0n) is 84.8. The number of guanidine groups is 1. The number of nitrogens with one attached hydrogen (secondary N) is 8. The number of carbonyl (C=O) groups excluding carboxylic acids is 21. The molecule has 6 rings (SSSR count). The van der Waals surface area contributed by atoms with Crippen LogP contribution in [-0.4, -0.2) is 258 Å². The molecule has 3 fully saturated rings. The van der Waals surface area contributed by atoms with Crippen molar-refractivity contribution in [2.75, 3.05) is 56.0 Å². The maximum absolute atomic E-state index is 15.5. The van der Waals surface area contributed by atoms with Crippen LogP contribution in [0.25, 0.3) is 10.9 Å². The molecular formula is C98H156FeN20O22S3. The molecule has 0 spiro atoms. The Hall–Kier alpha value is -10.6. The van der Waals surface area contributed by atoms with Gasteiger partial charge in [-0.2, -0.15) is 45.7 Å². The summed E-state index contributed by atoms with van der Waals surface area (Å²) in [4.78, 5) is 276. The van der Waals surface area contributed by atoms with Crippen molar-refractivity contribution in [2.24, 2.45) is 92.5 Å². The van der Waals surface area contributed by atoms with Crippen LogP contribution in [0.3, 0.4) is 0 Å². The number of Topliss-reactive ketones (excluding diaryl/α,β-unsaturated/α-hetero) is 7. The number of carbonyl (C=O) groups is 19. The van der Waals surface area contributed by atoms with E-state index in [1.54, 1.807) is 63.5 Å². The van der Waals surface area contributed by atoms with Crippen molar-refractivity contribution < 1.29 is 123 Å². The number of thioether (sulfide) groups is 2. The summed E-state index contributed by atoms with van der Waals surface area (Å²) < 4.78 is 1.61. The van der Waals surface area contributed by atoms with E-state index >= 15 is 9.59 Å². The molecule has 2 saturated carbocycles. The van der Waals surface area contributed by atoms with Gasteiger partial charge in [0.25, 0.3) is 0 Å². The van der Waals surface area contributed by atoms with E-state index < -0.39 is 205 Å². The van der Waals surface area contributed by atoms with Gasteiger partial charge in [-0.15, -0.1) is 5.10 Å². The number of aliphatic imine (C=N–C) groups is 1. The van der Waals surface area contributed by atoms with E-state index in [4.69, 9.17) is 49.7 Å². The van der Waals surface area contributed by atoms with E-state index in [2.05, 4.69) is 70.1 Å². The zero-order chi connectivity index (χ0) is 107. The Morgan fingerprint density at radius 1 is 0.576 bits per heavy atom. The second-order valence-corrected chi connectivity index (χ2v) is 39.9. The number of aliphatic hydroxyl groups excluding tert-OH is 1. The number of para-hydroxylation sites is 1. The van der Waals surface area contributed by atoms with E-state index in [-0.39, 0.29) is 191 Å². The minimum atomic E-state index is -1.62. The summed E-state index contributed by atoms with van der Waals surface area (Å²) in [5.41, 5.74) is 40.9. The fourth-order valence-electron chi connectivity index (χ4n) is 17.1. The van der Waals surface area contributed by atoms with Crippen LogP contribution in [0.15, 0.2) is 41.7 Å². The van der Waals surface area contributed by atoms with Gasteiger partial charge in [0.15, 0.2) is 34.9 Å². The number of aromatic amines is 1. The molecule has 144 heavy (non-hydrogen) atoms. The van der Waals surface area contributed by atoms with Crippen molar-refractivity contribution in [2.45, 2.75) is 321 Å². The third-order valence-corrected chi connectivity index (χ3v) is 27.6. The summed E-state index contributed by atoms with van der Waals surface area (Å²) in [5.74, 6) is -16.2. The SMILES string of the molecule is C1CCCC1.CCC(NC(=O)C(CO)CC(=O)C(Cc1c[nH]c2ccccc12)NC(=O)C1CC(n2cc(C3CCCC3)nn2)CN1C(=O)C(NC(=O)C(CC(N)=O)CC(=O)C(CC(N)=O)NC(=O)C(CC(=O)C(N)CCCN=C(N)N)C(C)CC)C(C)CC)C(=O)CC(C)C.CSCCC(CC(=O)C(CCSC)NC(C)=O)C(=O)NCCC(=O)NC(CCC(N)=O)C(=O)CCCC(=O)CC(CS)C(N)=O.O=C=O.[Fe]. The Morgan fingerprint density at radius 2 is 1.15 bits per heavy atom. The predicted molar refractivity (Wildman–Crippen MR) is 544 cm³/mol. The number of aromatic nitrogens is 4. The van der Waals surface area contributed by atoms with Gasteiger partial charge < -0.3 is 92.3 Å². The summed E-state index contributed by atoms with van der Waals surface area (Å²) in [6.45, 7) is 13.1. The third kappa shape index (κ3) is 47.7. The van der Waals surface area contributed by atoms with E-state index in [0.717, 1.165) is 42.3 Å². The standard InChI is InChI=1S/C63H97N15O12.C29H49N5O8S3.C5H10.CO2.Fe/c1-8-35(6)43(28-51(80)44(64)19-15-21-69-63(67)68)60(88)72-48(29-56(66)85)53(82)24-38(26-55(65)84)58(86)74-57(36(7)9-2)62(90)77-31-41(78-32-49(75-76-78)37-16-11-12-17-37)27-50(77)61(89)73-47(23-39-30-70-46-20-14-13-18-42(39)46)54(83)25-40(33-79)59(87)71-45(10-3)52(81)22-34(4)5;1-18(35)33-23(11-14-45-3)25(38)16-19(10-13-44-2)29(42)32-12-9-27(40)34-22(7-8-26(30)39)24(37)6-4-5-21(36)15-20(17-43)28(31)41;1-2-4-5-3-1;2-1-3;/h13-14,18,20,30,32,34-38,40-41,43-45,47-48,50,57,70,79H,8-12,15-17,19,21-29,31,33,64H2,1-7H3,(H2,65,84)(H2,66,85)(H,71,87)(H,72,88)(H,73,89)(H,74,86)(H4,67,68,69);19-20,22-23,43H,4-17H2,1-3H3,(H2,30,39)(H2,31,41)(H,32,42)(H,33,35)(H,34,40);1-5H2;;. The van der Waals surface area contributed by atoms with Crippen LogP contribution < -0.4 is 77.4 Å². The van der Waals surface area contributed by atoms with Crippen LogP contribution in [0.4, 0.5) is 0 Å². The smallest absolute Gasteiger partial charge is 0.373 e. The van der Waals surface area contributed by atoms with Gasteiger partial charge in [0.05, 0.1) is 78.8 Å². The van der Waals surface area contributed by atoms with Crippen LogP contribution in [0, 0.1) is 47.3 Å². The first-order valence-corrected chi connectivity index (χ1v) is 52.9. The Balaban J connectivity index is 0.00000108. The Labute approximate surface area is 867 Å². The van der Waals surface area contributed by atoms with Gasteiger partial charge in [-0.05, 0) is 111 Å². The van der Waals surface area contributed by atoms with E-state index in [1.165, 1.54) is 55.7 Å². The van der Waals surface area contributed by atoms with Crippen LogP contribution in [-0.2, 0) is 124 Å². The van der Waals surface area contributed by atoms with Gasteiger partial charge in [-0.3, -0.25) is 96.1 Å². The molecular weight excluding hydrogens is 1960 g/mol. The van der Waals surface area contributed by atoms with Gasteiger partial charge in [0.2, 0.25) is 70.9 Å². The number of ketones is 7. The fourth-order valence-corrected chi connectivity index (χ4v) is 18.4. The van der Waals surface area contributed by atoms with Crippen LogP contribution in [0.5, 0.6) is 0 Å². The molecule has 23 N–H and O–H groups in total. The Kier molecular flexibility index (Phi) is 63.1. The van der Waals surface area contributed by atoms with E-state index in [9.17, 15) is 86.6 Å². The summed E-state index contributed by atoms with van der Waals surface area (Å²) in [6.07, 6.45) is 18.2. The minimum absolute atomic E-state index is 0. The number of aliphatic hydroxyl groups is 1. The number of rotatable bonds is 66. The molecule has 16 unspecified atom stereocenters. The molecule has 1 saturated heterocycles. The topological polar surface area (TPSA) is 707 Å². The number of fused-ring (bicyclic) bond motifs is 1. The quantitative estimate of drug-likeness (QED) is 0.0126. The van der Waals surface area contributed by atoms with E-state index in [1.807, 2.05) is 50.6 Å². The van der Waals surface area contributed by atoms with Gasteiger partial charge in [-0.25, -0.2) is 4.68 Å². The molecule has 3 heterocycles. The largest absolute Gasteiger partial charge is 0.396 e. The molecule has 2 aromatic heterocycles. The summed E-state index contributed by atoms with van der Waals surface area (Å²) in [7, 11) is 0. The molecule has 12 amide bonds. The number of primary amides is 4. The first-order valence-electron chi connectivity index (χ1n) is 49.5. The number of nitrogens with zero attached hydrogens (tertiary/aromatic N) is 5. The van der Waals surface area contributed by atoms with Crippen molar-refractivity contribution in [3.63, 3.8) is 0 Å². The predicted octanol–water partition coefficient (Wildman–Crippen LogP) is 3.63. The first-order chi connectivity index (χ1) is 67.8. The molecule has 806 valence electrons. The summed E-state index contributed by atoms with van der Waals surface area (Å²) in [6, 6.07) is -2.51. The summed E-state index contributed by atoms with van der Waals surface area (Å²) >= 11 is 7.09. The molecule has 1 aromatic carbocycles. The Morgan fingerprint density at radius 3 is 1.72 bits per heavy atom. The second kappa shape index (κ2) is 70.2. The maximum atomic E-state index is 15.5. The molecule has 0 bridgehead atoms. The molecule has 16 atom stereocenters. The average Bonchev–Trinajstić information content (AvgIpc) is 1.63. The third-order valence-electron chi connectivity index (χ3n) is 25.9. The first kappa shape index (κ1) is 129. The van der Waals surface area contributed by atoms with Crippen molar-refractivity contribution >= 4 is 171 Å². The fraction of sp³-hybridized carbons (Fsp3) is 0.684. The normalized spacial score (nSPS) is 16.6. The maximum Gasteiger partial charge on any atom is 0.373 e. The number of benzene rings is 1. The average molecular weight is 2120 g/mol. The van der Waals surface area contributed by atoms with E-state index in [0.29, 0.717) is 49.2 Å². The number of hydrogen-bond acceptors (Lipinski definition) is 29. The molecule has 1 aliphatic heterocycles. The van der Waals surface area contributed by atoms with Gasteiger partial charge in [0, 0.05) is 174 Å². The van der Waals surface area contributed by atoms with Crippen molar-refractivity contribution in [3.8, 4) is 0 Å². The number of H-pyrrole nitrogens is 1. The number of nitrogens with two attached hydrogens (primary N) is 7. The van der Waals surface area contributed by atoms with Crippen LogP contribution in [0.2, 0.25) is 0 Å². The molecule has 2 aliphatic carbocycles. The number of thiol groups is 1. The van der Waals surface area contributed by atoms with Gasteiger partial charge >= 0.3 is 6.15 Å². The number of likely N-dealkylation sites (tertiary alicyclic amines) is 1. The van der Waals surface area contributed by atoms with Crippen molar-refractivity contribution in [1.82, 2.24) is 62.1 Å². The Bertz CT molecular complexity index is 4740. The molecule has 42 nitrogen and oxygen atoms in total. The molecule has 3 aliphatic rings.